The molecule has 1 N–H and O–H groups in total. The molecule has 1 aliphatic rings. The average molecular weight is 208 g/mol. The molecule has 0 spiro atoms. The molecular weight excluding hydrogens is 196 g/mol. The number of nitrogens with zero attached hydrogens (tertiary/aromatic N) is 1. The molecule has 1 atom stereocenters. The van der Waals surface area contributed by atoms with Crippen molar-refractivity contribution < 1.29 is 14.4 Å². The number of aromatic nitrogens is 1. The number of hydrogen-bond acceptors (Lipinski definition) is 5. The van der Waals surface area contributed by atoms with E-state index in [-0.39, 0.29) is 6.10 Å². The highest BCUT2D eigenvalue weighted by molar-refractivity contribution is 5.88. The fourth-order valence-corrected chi connectivity index (χ4v) is 1.19. The van der Waals surface area contributed by atoms with E-state index in [1.165, 1.54) is 6.20 Å². The smallest absolute Gasteiger partial charge is 0.358 e. The van der Waals surface area contributed by atoms with E-state index >= 15 is 0 Å². The zero-order valence-electron chi connectivity index (χ0n) is 8.18. The van der Waals surface area contributed by atoms with Crippen molar-refractivity contribution in [3.8, 4) is 0 Å². The molecule has 0 radical (unpaired) electrons. The molecule has 80 valence electrons. The van der Waals surface area contributed by atoms with Crippen molar-refractivity contribution in [2.45, 2.75) is 12.5 Å². The van der Waals surface area contributed by atoms with Crippen molar-refractivity contribution in [1.29, 1.82) is 0 Å². The summed E-state index contributed by atoms with van der Waals surface area (Å²) >= 11 is 0. The molecule has 2 rings (SSSR count). The molecule has 0 aliphatic carbocycles. The van der Waals surface area contributed by atoms with Crippen molar-refractivity contribution >= 4 is 5.97 Å². The monoisotopic (exact) mass is 208 g/mol. The molecule has 1 aromatic rings. The van der Waals surface area contributed by atoms with Gasteiger partial charge in [0.25, 0.3) is 0 Å². The molecule has 5 nitrogen and oxygen atoms in total. The predicted octanol–water partition coefficient (Wildman–Crippen LogP) is 0.532. The van der Waals surface area contributed by atoms with Gasteiger partial charge in [-0.25, -0.2) is 4.79 Å². The fourth-order valence-electron chi connectivity index (χ4n) is 1.19. The Bertz CT molecular complexity index is 325. The van der Waals surface area contributed by atoms with E-state index in [4.69, 9.17) is 9.57 Å². The van der Waals surface area contributed by atoms with Gasteiger partial charge in [-0.05, 0) is 18.6 Å². The highest BCUT2D eigenvalue weighted by Crippen LogP contribution is 2.08. The molecule has 0 saturated carbocycles. The van der Waals surface area contributed by atoms with Gasteiger partial charge >= 0.3 is 5.97 Å². The zero-order valence-corrected chi connectivity index (χ0v) is 8.18. The minimum Gasteiger partial charge on any atom is -0.377 e. The predicted molar refractivity (Wildman–Crippen MR) is 52.0 cm³/mol. The highest BCUT2D eigenvalue weighted by Gasteiger charge is 2.18. The summed E-state index contributed by atoms with van der Waals surface area (Å²) in [4.78, 5) is 20.0. The van der Waals surface area contributed by atoms with Gasteiger partial charge in [0.2, 0.25) is 0 Å². The minimum atomic E-state index is -0.428. The van der Waals surface area contributed by atoms with Crippen LogP contribution in [-0.2, 0) is 9.57 Å². The molecule has 1 unspecified atom stereocenters. The van der Waals surface area contributed by atoms with E-state index < -0.39 is 5.97 Å². The molecular formula is C10H12N2O3. The topological polar surface area (TPSA) is 60.5 Å². The first kappa shape index (κ1) is 10.1. The van der Waals surface area contributed by atoms with Gasteiger partial charge in [-0.3, -0.25) is 4.98 Å². The lowest BCUT2D eigenvalue weighted by atomic mass is 10.2. The van der Waals surface area contributed by atoms with E-state index in [1.807, 2.05) is 0 Å². The van der Waals surface area contributed by atoms with Gasteiger partial charge in [-0.15, -0.1) is 0 Å². The van der Waals surface area contributed by atoms with Gasteiger partial charge in [0, 0.05) is 19.0 Å². The zero-order chi connectivity index (χ0) is 10.5. The Morgan fingerprint density at radius 1 is 1.73 bits per heavy atom. The van der Waals surface area contributed by atoms with Crippen LogP contribution >= 0.6 is 0 Å². The van der Waals surface area contributed by atoms with E-state index in [9.17, 15) is 4.79 Å². The second kappa shape index (κ2) is 4.86. The van der Waals surface area contributed by atoms with Crippen LogP contribution in [0.4, 0.5) is 0 Å². The molecule has 0 aromatic carbocycles. The van der Waals surface area contributed by atoms with Crippen LogP contribution in [0, 0.1) is 0 Å². The van der Waals surface area contributed by atoms with E-state index in [1.54, 1.807) is 18.3 Å². The third-order valence-electron chi connectivity index (χ3n) is 2.17. The van der Waals surface area contributed by atoms with Crippen molar-refractivity contribution in [3.63, 3.8) is 0 Å². The lowest BCUT2D eigenvalue weighted by Gasteiger charge is -2.25. The summed E-state index contributed by atoms with van der Waals surface area (Å²) in [7, 11) is 0. The van der Waals surface area contributed by atoms with Gasteiger partial charge in [-0.2, -0.15) is 5.48 Å². The van der Waals surface area contributed by atoms with Crippen LogP contribution < -0.4 is 5.48 Å². The first-order chi connectivity index (χ1) is 7.36. The first-order valence-corrected chi connectivity index (χ1v) is 4.82. The lowest BCUT2D eigenvalue weighted by molar-refractivity contribution is -0.0680. The lowest BCUT2D eigenvalue weighted by Crippen LogP contribution is -2.38. The van der Waals surface area contributed by atoms with Crippen LogP contribution in [0.1, 0.15) is 16.8 Å². The normalized spacial score (nSPS) is 19.3. The largest absolute Gasteiger partial charge is 0.377 e. The molecule has 0 amide bonds. The Morgan fingerprint density at radius 2 is 2.60 bits per heavy atom. The number of ether oxygens (including phenoxy) is 1. The summed E-state index contributed by atoms with van der Waals surface area (Å²) in [6, 6.07) is 3.34. The van der Waals surface area contributed by atoms with Crippen LogP contribution in [-0.4, -0.2) is 30.2 Å². The number of carbonyl (C=O) groups is 1. The van der Waals surface area contributed by atoms with Gasteiger partial charge in [0.1, 0.15) is 0 Å². The van der Waals surface area contributed by atoms with Crippen LogP contribution in [0.2, 0.25) is 0 Å². The van der Waals surface area contributed by atoms with Crippen LogP contribution in [0.25, 0.3) is 0 Å². The molecule has 1 saturated heterocycles. The SMILES string of the molecule is O=C(ONCC1CCO1)c1cccnc1. The van der Waals surface area contributed by atoms with Crippen LogP contribution in [0.5, 0.6) is 0 Å². The fraction of sp³-hybridized carbons (Fsp3) is 0.400. The standard InChI is InChI=1S/C10H12N2O3/c13-10(8-2-1-4-11-6-8)15-12-7-9-3-5-14-9/h1-2,4,6,9,12H,3,5,7H2. The summed E-state index contributed by atoms with van der Waals surface area (Å²) in [5.41, 5.74) is 3.01. The molecule has 15 heavy (non-hydrogen) atoms. The van der Waals surface area contributed by atoms with Crippen molar-refractivity contribution in [2.24, 2.45) is 0 Å². The molecule has 5 heteroatoms. The van der Waals surface area contributed by atoms with Gasteiger partial charge < -0.3 is 9.57 Å². The van der Waals surface area contributed by atoms with Crippen LogP contribution in [0.15, 0.2) is 24.5 Å². The number of carbonyl (C=O) groups excluding carboxylic acids is 1. The third-order valence-corrected chi connectivity index (χ3v) is 2.17. The average Bonchev–Trinajstić information content (AvgIpc) is 2.23. The van der Waals surface area contributed by atoms with Crippen molar-refractivity contribution in [2.75, 3.05) is 13.2 Å². The molecule has 1 aliphatic heterocycles. The Balaban J connectivity index is 1.72. The van der Waals surface area contributed by atoms with Gasteiger partial charge in [0.05, 0.1) is 18.2 Å². The number of hydrogen-bond donors (Lipinski definition) is 1. The summed E-state index contributed by atoms with van der Waals surface area (Å²) in [5.74, 6) is -0.428. The second-order valence-electron chi connectivity index (χ2n) is 3.26. The maximum Gasteiger partial charge on any atom is 0.358 e. The third kappa shape index (κ3) is 2.74. The maximum atomic E-state index is 11.4. The Hall–Kier alpha value is -1.46. The minimum absolute atomic E-state index is 0.173. The van der Waals surface area contributed by atoms with E-state index in [2.05, 4.69) is 10.5 Å². The number of rotatable bonds is 4. The molecule has 2 heterocycles. The van der Waals surface area contributed by atoms with Crippen molar-refractivity contribution in [3.05, 3.63) is 30.1 Å². The summed E-state index contributed by atoms with van der Waals surface area (Å²) in [5, 5.41) is 0. The highest BCUT2D eigenvalue weighted by atomic mass is 16.7. The van der Waals surface area contributed by atoms with Gasteiger partial charge in [0.15, 0.2) is 0 Å². The molecule has 1 aromatic heterocycles. The number of hydroxylamine groups is 1. The van der Waals surface area contributed by atoms with Gasteiger partial charge in [-0.1, -0.05) is 0 Å². The van der Waals surface area contributed by atoms with Crippen molar-refractivity contribution in [1.82, 2.24) is 10.5 Å². The number of pyridine rings is 1. The van der Waals surface area contributed by atoms with E-state index in [0.717, 1.165) is 13.0 Å². The quantitative estimate of drug-likeness (QED) is 0.731. The summed E-state index contributed by atoms with van der Waals surface area (Å²) in [6.45, 7) is 1.33. The summed E-state index contributed by atoms with van der Waals surface area (Å²) < 4.78 is 5.15. The van der Waals surface area contributed by atoms with Crippen LogP contribution in [0.3, 0.4) is 0 Å². The molecule has 1 fully saturated rings. The number of nitrogens with one attached hydrogen (secondary N) is 1. The Kier molecular flexibility index (Phi) is 3.26. The second-order valence-corrected chi connectivity index (χ2v) is 3.26. The Labute approximate surface area is 87.4 Å². The maximum absolute atomic E-state index is 11.4. The van der Waals surface area contributed by atoms with E-state index in [0.29, 0.717) is 12.1 Å². The molecule has 0 bridgehead atoms. The summed E-state index contributed by atoms with van der Waals surface area (Å²) in [6.07, 6.45) is 4.25. The first-order valence-electron chi connectivity index (χ1n) is 4.82. The Morgan fingerprint density at radius 3 is 3.20 bits per heavy atom.